The lowest BCUT2D eigenvalue weighted by atomic mass is 10.0. The van der Waals surface area contributed by atoms with Gasteiger partial charge in [0, 0.05) is 0 Å². The summed E-state index contributed by atoms with van der Waals surface area (Å²) in [6, 6.07) is 14.2. The van der Waals surface area contributed by atoms with Gasteiger partial charge in [-0.15, -0.1) is 0 Å². The smallest absolute Gasteiger partial charge is 0.122 e. The van der Waals surface area contributed by atoms with Gasteiger partial charge in [0.1, 0.15) is 5.75 Å². The van der Waals surface area contributed by atoms with E-state index < -0.39 is 0 Å². The minimum atomic E-state index is 0.0838. The van der Waals surface area contributed by atoms with Crippen molar-refractivity contribution >= 4 is 0 Å². The number of hydrogen-bond donors (Lipinski definition) is 1. The minimum absolute atomic E-state index is 0.0838. The molecule has 0 unspecified atom stereocenters. The zero-order valence-corrected chi connectivity index (χ0v) is 11.7. The Balaban J connectivity index is 2.27. The fourth-order valence-electron chi connectivity index (χ4n) is 2.02. The molecule has 0 aliphatic carbocycles. The third kappa shape index (κ3) is 3.36. The van der Waals surface area contributed by atoms with Crippen molar-refractivity contribution in [2.75, 3.05) is 0 Å². The second-order valence-electron chi connectivity index (χ2n) is 5.00. The minimum Gasteiger partial charge on any atom is -0.491 e. The maximum absolute atomic E-state index is 9.05. The van der Waals surface area contributed by atoms with Crippen molar-refractivity contribution in [2.45, 2.75) is 33.5 Å². The molecule has 1 N–H and O–H groups in total. The molecule has 19 heavy (non-hydrogen) atoms. The van der Waals surface area contributed by atoms with Gasteiger partial charge in [0.15, 0.2) is 0 Å². The van der Waals surface area contributed by atoms with Crippen molar-refractivity contribution in [2.24, 2.45) is 0 Å². The third-order valence-electron chi connectivity index (χ3n) is 3.01. The first kappa shape index (κ1) is 13.6. The van der Waals surface area contributed by atoms with E-state index in [-0.39, 0.29) is 12.7 Å². The summed E-state index contributed by atoms with van der Waals surface area (Å²) in [5.41, 5.74) is 4.38. The van der Waals surface area contributed by atoms with Crippen LogP contribution in [-0.4, -0.2) is 11.2 Å². The maximum atomic E-state index is 9.05. The zero-order valence-electron chi connectivity index (χ0n) is 11.7. The Bertz CT molecular complexity index is 542. The monoisotopic (exact) mass is 256 g/mol. The predicted molar refractivity (Wildman–Crippen MR) is 78.3 cm³/mol. The van der Waals surface area contributed by atoms with E-state index in [1.165, 1.54) is 0 Å². The van der Waals surface area contributed by atoms with Gasteiger partial charge in [0.25, 0.3) is 0 Å². The summed E-state index contributed by atoms with van der Waals surface area (Å²) in [4.78, 5) is 0. The van der Waals surface area contributed by atoms with Gasteiger partial charge in [0.05, 0.1) is 12.7 Å². The van der Waals surface area contributed by atoms with E-state index in [9.17, 15) is 0 Å². The molecule has 0 aliphatic rings. The first-order chi connectivity index (χ1) is 9.10. The molecule has 0 bridgehead atoms. The van der Waals surface area contributed by atoms with Crippen LogP contribution < -0.4 is 4.74 Å². The van der Waals surface area contributed by atoms with Gasteiger partial charge in [-0.3, -0.25) is 0 Å². The first-order valence-corrected chi connectivity index (χ1v) is 6.57. The van der Waals surface area contributed by atoms with Crippen LogP contribution in [0.3, 0.4) is 0 Å². The molecule has 2 aromatic carbocycles. The number of aliphatic hydroxyl groups excluding tert-OH is 1. The van der Waals surface area contributed by atoms with E-state index >= 15 is 0 Å². The normalized spacial score (nSPS) is 10.8. The van der Waals surface area contributed by atoms with Crippen molar-refractivity contribution in [3.63, 3.8) is 0 Å². The quantitative estimate of drug-likeness (QED) is 0.897. The van der Waals surface area contributed by atoms with Crippen molar-refractivity contribution in [1.29, 1.82) is 0 Å². The van der Waals surface area contributed by atoms with E-state index in [1.54, 1.807) is 0 Å². The lowest BCUT2D eigenvalue weighted by molar-refractivity contribution is 0.241. The molecule has 0 aliphatic heterocycles. The summed E-state index contributed by atoms with van der Waals surface area (Å²) >= 11 is 0. The summed E-state index contributed by atoms with van der Waals surface area (Å²) < 4.78 is 5.74. The fraction of sp³-hybridized carbons (Fsp3) is 0.294. The highest BCUT2D eigenvalue weighted by molar-refractivity contribution is 5.65. The van der Waals surface area contributed by atoms with E-state index in [0.29, 0.717) is 0 Å². The van der Waals surface area contributed by atoms with Gasteiger partial charge in [0.2, 0.25) is 0 Å². The number of benzene rings is 2. The zero-order chi connectivity index (χ0) is 13.8. The summed E-state index contributed by atoms with van der Waals surface area (Å²) in [6.45, 7) is 6.20. The molecule has 0 saturated carbocycles. The lowest BCUT2D eigenvalue weighted by Gasteiger charge is -2.13. The van der Waals surface area contributed by atoms with Crippen LogP contribution in [0, 0.1) is 6.92 Å². The highest BCUT2D eigenvalue weighted by Crippen LogP contribution is 2.27. The van der Waals surface area contributed by atoms with Crippen LogP contribution in [0.4, 0.5) is 0 Å². The number of ether oxygens (including phenoxy) is 1. The van der Waals surface area contributed by atoms with Gasteiger partial charge in [-0.25, -0.2) is 0 Å². The number of aryl methyl sites for hydroxylation is 1. The number of hydrogen-bond acceptors (Lipinski definition) is 2. The Hall–Kier alpha value is -1.80. The van der Waals surface area contributed by atoms with E-state index in [0.717, 1.165) is 28.0 Å². The van der Waals surface area contributed by atoms with Crippen LogP contribution in [0.15, 0.2) is 42.5 Å². The Morgan fingerprint density at radius 3 is 2.16 bits per heavy atom. The van der Waals surface area contributed by atoms with Gasteiger partial charge in [-0.2, -0.15) is 0 Å². The molecule has 2 heteroatoms. The summed E-state index contributed by atoms with van der Waals surface area (Å²) in [5.74, 6) is 0.936. The van der Waals surface area contributed by atoms with E-state index in [1.807, 2.05) is 44.2 Å². The molecule has 0 heterocycles. The van der Waals surface area contributed by atoms with Crippen LogP contribution in [0.5, 0.6) is 5.75 Å². The topological polar surface area (TPSA) is 29.5 Å². The largest absolute Gasteiger partial charge is 0.491 e. The molecule has 2 nitrogen and oxygen atoms in total. The second-order valence-corrected chi connectivity index (χ2v) is 5.00. The van der Waals surface area contributed by atoms with Crippen LogP contribution in [0.2, 0.25) is 0 Å². The molecule has 0 radical (unpaired) electrons. The average molecular weight is 256 g/mol. The Kier molecular flexibility index (Phi) is 4.23. The molecule has 0 fully saturated rings. The maximum Gasteiger partial charge on any atom is 0.122 e. The lowest BCUT2D eigenvalue weighted by Crippen LogP contribution is -2.06. The SMILES string of the molecule is Cc1cc(-c2ccc(CO)cc2)ccc1OC(C)C. The van der Waals surface area contributed by atoms with Crippen molar-refractivity contribution < 1.29 is 9.84 Å². The standard InChI is InChI=1S/C17H20O2/c1-12(2)19-17-9-8-16(10-13(17)3)15-6-4-14(11-18)5-7-15/h4-10,12,18H,11H2,1-3H3. The van der Waals surface area contributed by atoms with Gasteiger partial charge in [-0.1, -0.05) is 30.3 Å². The molecular formula is C17H20O2. The van der Waals surface area contributed by atoms with Crippen LogP contribution in [0.1, 0.15) is 25.0 Å². The van der Waals surface area contributed by atoms with Gasteiger partial charge < -0.3 is 9.84 Å². The van der Waals surface area contributed by atoms with Crippen molar-refractivity contribution in [1.82, 2.24) is 0 Å². The summed E-state index contributed by atoms with van der Waals surface area (Å²) in [6.07, 6.45) is 0.188. The average Bonchev–Trinajstić information content (AvgIpc) is 2.41. The molecule has 0 atom stereocenters. The molecule has 0 saturated heterocycles. The fourth-order valence-corrected chi connectivity index (χ4v) is 2.02. The molecule has 2 rings (SSSR count). The van der Waals surface area contributed by atoms with Crippen molar-refractivity contribution in [3.05, 3.63) is 53.6 Å². The molecule has 2 aromatic rings. The first-order valence-electron chi connectivity index (χ1n) is 6.57. The number of aliphatic hydroxyl groups is 1. The summed E-state index contributed by atoms with van der Waals surface area (Å²) in [5, 5.41) is 9.05. The van der Waals surface area contributed by atoms with E-state index in [2.05, 4.69) is 19.1 Å². The molecule has 0 amide bonds. The third-order valence-corrected chi connectivity index (χ3v) is 3.01. The van der Waals surface area contributed by atoms with Crippen LogP contribution in [0.25, 0.3) is 11.1 Å². The Labute approximate surface area is 114 Å². The second kappa shape index (κ2) is 5.89. The Morgan fingerprint density at radius 1 is 1.00 bits per heavy atom. The van der Waals surface area contributed by atoms with E-state index in [4.69, 9.17) is 9.84 Å². The molecule has 0 aromatic heterocycles. The van der Waals surface area contributed by atoms with Crippen LogP contribution in [-0.2, 0) is 6.61 Å². The highest BCUT2D eigenvalue weighted by atomic mass is 16.5. The number of rotatable bonds is 4. The van der Waals surface area contributed by atoms with Crippen molar-refractivity contribution in [3.8, 4) is 16.9 Å². The highest BCUT2D eigenvalue weighted by Gasteiger charge is 2.05. The van der Waals surface area contributed by atoms with Gasteiger partial charge in [-0.05, 0) is 55.2 Å². The Morgan fingerprint density at radius 2 is 1.63 bits per heavy atom. The molecule has 0 spiro atoms. The predicted octanol–water partition coefficient (Wildman–Crippen LogP) is 3.94. The van der Waals surface area contributed by atoms with Gasteiger partial charge >= 0.3 is 0 Å². The molecule has 100 valence electrons. The summed E-state index contributed by atoms with van der Waals surface area (Å²) in [7, 11) is 0. The van der Waals surface area contributed by atoms with Crippen LogP contribution >= 0.6 is 0 Å². The molecular weight excluding hydrogens is 236 g/mol.